The van der Waals surface area contributed by atoms with Crippen molar-refractivity contribution in [3.63, 3.8) is 0 Å². The summed E-state index contributed by atoms with van der Waals surface area (Å²) in [7, 11) is 1.32. The van der Waals surface area contributed by atoms with Gasteiger partial charge in [0.15, 0.2) is 0 Å². The quantitative estimate of drug-likeness (QED) is 0.446. The van der Waals surface area contributed by atoms with E-state index in [-0.39, 0.29) is 17.9 Å². The summed E-state index contributed by atoms with van der Waals surface area (Å²) in [6.07, 6.45) is -5.07. The van der Waals surface area contributed by atoms with Gasteiger partial charge < -0.3 is 19.7 Å². The smallest absolute Gasteiger partial charge is 0.460 e. The second-order valence-electron chi connectivity index (χ2n) is 7.15. The summed E-state index contributed by atoms with van der Waals surface area (Å²) in [6, 6.07) is 9.23. The Labute approximate surface area is 186 Å². The number of carbonyl (C=O) groups is 2. The predicted molar refractivity (Wildman–Crippen MR) is 106 cm³/mol. The number of methoxy groups -OCH3 is 1. The third-order valence-corrected chi connectivity index (χ3v) is 4.94. The van der Waals surface area contributed by atoms with E-state index in [2.05, 4.69) is 0 Å². The van der Waals surface area contributed by atoms with Crippen molar-refractivity contribution < 1.29 is 50.2 Å². The van der Waals surface area contributed by atoms with E-state index < -0.39 is 35.6 Å². The Hall–Kier alpha value is -3.77. The molecule has 2 aromatic carbocycles. The molecule has 0 aliphatic carbocycles. The minimum absolute atomic E-state index is 0.0282. The normalized spacial score (nSPS) is 12.6. The molecule has 2 N–H and O–H groups in total. The maximum atomic E-state index is 13.6. The van der Waals surface area contributed by atoms with Crippen LogP contribution in [0, 0.1) is 0 Å². The Kier molecular flexibility index (Phi) is 6.24. The van der Waals surface area contributed by atoms with Crippen LogP contribution in [0.2, 0.25) is 0 Å². The fourth-order valence-corrected chi connectivity index (χ4v) is 3.12. The van der Waals surface area contributed by atoms with Crippen LogP contribution in [0.3, 0.4) is 0 Å². The van der Waals surface area contributed by atoms with Gasteiger partial charge in [-0.2, -0.15) is 30.7 Å². The summed E-state index contributed by atoms with van der Waals surface area (Å²) < 4.78 is 97.2. The van der Waals surface area contributed by atoms with Crippen LogP contribution in [0.15, 0.2) is 48.7 Å². The van der Waals surface area contributed by atoms with Crippen molar-refractivity contribution in [1.29, 1.82) is 0 Å². The lowest BCUT2D eigenvalue weighted by Gasteiger charge is -2.27. The third kappa shape index (κ3) is 4.37. The minimum atomic E-state index is -6.64. The lowest BCUT2D eigenvalue weighted by molar-refractivity contribution is -0.343. The fraction of sp³-hybridized carbons (Fsp3) is 0.238. The van der Waals surface area contributed by atoms with Crippen molar-refractivity contribution in [3.05, 3.63) is 59.8 Å². The fourth-order valence-electron chi connectivity index (χ4n) is 3.12. The van der Waals surface area contributed by atoms with Crippen LogP contribution in [-0.2, 0) is 11.3 Å². The molecule has 0 bridgehead atoms. The Morgan fingerprint density at radius 1 is 1.00 bits per heavy atom. The average Bonchev–Trinajstić information content (AvgIpc) is 3.14. The van der Waals surface area contributed by atoms with Crippen molar-refractivity contribution >= 4 is 28.5 Å². The Morgan fingerprint density at radius 2 is 1.68 bits per heavy atom. The van der Waals surface area contributed by atoms with E-state index in [9.17, 15) is 40.3 Å². The number of carbonyl (C=O) groups excluding carboxylic acids is 1. The van der Waals surface area contributed by atoms with Crippen LogP contribution in [0.25, 0.3) is 10.9 Å². The van der Waals surface area contributed by atoms with E-state index in [1.165, 1.54) is 36.7 Å². The molecule has 0 radical (unpaired) electrons. The second kappa shape index (κ2) is 8.54. The number of amides is 1. The van der Waals surface area contributed by atoms with E-state index in [1.807, 2.05) is 0 Å². The lowest BCUT2D eigenvalue weighted by atomic mass is 10.1. The van der Waals surface area contributed by atoms with Gasteiger partial charge in [0.05, 0.1) is 24.7 Å². The number of ether oxygens (including phenoxy) is 1. The SMILES string of the molecule is COc1cc(C(=O)O)ccc1Cn1ccc2ccc(NC(=O)C(F)(F)C(F)(F)C(F)(F)F)cc21. The maximum Gasteiger partial charge on any atom is 0.460 e. The van der Waals surface area contributed by atoms with Gasteiger partial charge >= 0.3 is 29.9 Å². The first-order chi connectivity index (χ1) is 15.7. The van der Waals surface area contributed by atoms with Crippen LogP contribution >= 0.6 is 0 Å². The first-order valence-electron chi connectivity index (χ1n) is 9.32. The number of benzene rings is 2. The monoisotopic (exact) mass is 492 g/mol. The van der Waals surface area contributed by atoms with Gasteiger partial charge in [-0.25, -0.2) is 4.79 Å². The molecule has 1 amide bonds. The summed E-state index contributed by atoms with van der Waals surface area (Å²) in [6.45, 7) is 0.0896. The number of anilines is 1. The maximum absolute atomic E-state index is 13.6. The molecule has 0 saturated heterocycles. The number of carboxylic acid groups (broad SMARTS) is 1. The number of aromatic carboxylic acids is 1. The number of alkyl halides is 7. The number of rotatable bonds is 7. The summed E-state index contributed by atoms with van der Waals surface area (Å²) in [4.78, 5) is 22.8. The molecule has 1 heterocycles. The highest BCUT2D eigenvalue weighted by Crippen LogP contribution is 2.47. The molecule has 0 aliphatic rings. The zero-order valence-electron chi connectivity index (χ0n) is 17.1. The Bertz CT molecular complexity index is 1250. The van der Waals surface area contributed by atoms with E-state index in [0.717, 1.165) is 12.1 Å². The summed E-state index contributed by atoms with van der Waals surface area (Å²) in [5, 5.41) is 11.0. The molecule has 0 unspecified atom stereocenters. The van der Waals surface area contributed by atoms with Crippen molar-refractivity contribution in [1.82, 2.24) is 4.57 Å². The predicted octanol–water partition coefficient (Wildman–Crippen LogP) is 5.17. The zero-order chi connectivity index (χ0) is 25.5. The van der Waals surface area contributed by atoms with Gasteiger partial charge in [0, 0.05) is 17.4 Å². The molecule has 182 valence electrons. The highest BCUT2D eigenvalue weighted by atomic mass is 19.4. The van der Waals surface area contributed by atoms with Crippen molar-refractivity contribution in [2.24, 2.45) is 0 Å². The molecule has 0 fully saturated rings. The van der Waals surface area contributed by atoms with Crippen molar-refractivity contribution in [3.8, 4) is 5.75 Å². The molecule has 3 rings (SSSR count). The van der Waals surface area contributed by atoms with Crippen LogP contribution in [0.5, 0.6) is 5.75 Å². The minimum Gasteiger partial charge on any atom is -0.496 e. The molecular weight excluding hydrogens is 477 g/mol. The van der Waals surface area contributed by atoms with Gasteiger partial charge in [-0.3, -0.25) is 4.79 Å². The standard InChI is InChI=1S/C21H15F7N2O4/c1-34-16-8-12(17(31)32)2-3-13(16)10-30-7-6-11-4-5-14(9-15(11)30)29-18(33)19(22,23)20(24,25)21(26,27)28/h2-9H,10H2,1H3,(H,29,33)(H,31,32). The molecule has 0 saturated carbocycles. The van der Waals surface area contributed by atoms with Crippen LogP contribution in [-0.4, -0.2) is 46.7 Å². The molecule has 1 aromatic heterocycles. The van der Waals surface area contributed by atoms with Crippen LogP contribution in [0.1, 0.15) is 15.9 Å². The number of halogens is 7. The van der Waals surface area contributed by atoms with Gasteiger partial charge in [0.25, 0.3) is 0 Å². The number of hydrogen-bond donors (Lipinski definition) is 2. The summed E-state index contributed by atoms with van der Waals surface area (Å²) in [5.74, 6) is -16.4. The van der Waals surface area contributed by atoms with Gasteiger partial charge in [-0.05, 0) is 35.7 Å². The number of fused-ring (bicyclic) bond motifs is 1. The molecular formula is C21H15F7N2O4. The number of hydrogen-bond acceptors (Lipinski definition) is 3. The van der Waals surface area contributed by atoms with Crippen LogP contribution < -0.4 is 10.1 Å². The lowest BCUT2D eigenvalue weighted by Crippen LogP contribution is -2.57. The molecule has 13 heteroatoms. The van der Waals surface area contributed by atoms with Gasteiger partial charge in [0.2, 0.25) is 0 Å². The summed E-state index contributed by atoms with van der Waals surface area (Å²) in [5.41, 5.74) is 0.367. The molecule has 0 aliphatic heterocycles. The first-order valence-corrected chi connectivity index (χ1v) is 9.32. The zero-order valence-corrected chi connectivity index (χ0v) is 17.1. The molecule has 3 aromatic rings. The van der Waals surface area contributed by atoms with E-state index in [0.29, 0.717) is 16.5 Å². The van der Waals surface area contributed by atoms with Crippen LogP contribution in [0.4, 0.5) is 36.4 Å². The summed E-state index contributed by atoms with van der Waals surface area (Å²) >= 11 is 0. The Balaban J connectivity index is 1.91. The second-order valence-corrected chi connectivity index (χ2v) is 7.15. The van der Waals surface area contributed by atoms with Gasteiger partial charge in [-0.1, -0.05) is 12.1 Å². The Morgan fingerprint density at radius 3 is 2.26 bits per heavy atom. The number of carboxylic acids is 1. The largest absolute Gasteiger partial charge is 0.496 e. The molecule has 6 nitrogen and oxygen atoms in total. The molecule has 0 atom stereocenters. The highest BCUT2D eigenvalue weighted by molar-refractivity contribution is 5.98. The average molecular weight is 492 g/mol. The van der Waals surface area contributed by atoms with E-state index in [1.54, 1.807) is 16.8 Å². The first kappa shape index (κ1) is 24.9. The molecule has 34 heavy (non-hydrogen) atoms. The van der Waals surface area contributed by atoms with Gasteiger partial charge in [0.1, 0.15) is 5.75 Å². The van der Waals surface area contributed by atoms with Crippen molar-refractivity contribution in [2.45, 2.75) is 24.6 Å². The van der Waals surface area contributed by atoms with E-state index >= 15 is 0 Å². The topological polar surface area (TPSA) is 80.6 Å². The number of nitrogens with zero attached hydrogens (tertiary/aromatic N) is 1. The highest BCUT2D eigenvalue weighted by Gasteiger charge is 2.76. The van der Waals surface area contributed by atoms with Crippen molar-refractivity contribution in [2.75, 3.05) is 12.4 Å². The van der Waals surface area contributed by atoms with Gasteiger partial charge in [-0.15, -0.1) is 0 Å². The molecule has 0 spiro atoms. The number of nitrogens with one attached hydrogen (secondary N) is 1. The third-order valence-electron chi connectivity index (χ3n) is 4.94. The van der Waals surface area contributed by atoms with E-state index in [4.69, 9.17) is 9.84 Å². The number of aromatic nitrogens is 1.